The van der Waals surface area contributed by atoms with Gasteiger partial charge in [0.05, 0.1) is 18.3 Å². The molecule has 2 heterocycles. The molecular formula is C22H32O5. The van der Waals surface area contributed by atoms with Crippen molar-refractivity contribution in [2.75, 3.05) is 13.2 Å². The third kappa shape index (κ3) is 2.99. The molecule has 4 fully saturated rings. The fourth-order valence-corrected chi connectivity index (χ4v) is 6.32. The highest BCUT2D eigenvalue weighted by Gasteiger charge is 2.59. The van der Waals surface area contributed by atoms with Crippen LogP contribution in [0.2, 0.25) is 0 Å². The molecule has 4 rings (SSSR count). The lowest BCUT2D eigenvalue weighted by molar-refractivity contribution is -0.297. The van der Waals surface area contributed by atoms with Crippen LogP contribution in [0.25, 0.3) is 0 Å². The zero-order valence-electron chi connectivity index (χ0n) is 16.7. The molecular weight excluding hydrogens is 344 g/mol. The van der Waals surface area contributed by atoms with Gasteiger partial charge in [0.1, 0.15) is 12.7 Å². The number of carbonyl (C=O) groups is 1. The van der Waals surface area contributed by atoms with E-state index in [1.807, 2.05) is 13.0 Å². The van der Waals surface area contributed by atoms with Crippen molar-refractivity contribution in [1.82, 2.24) is 0 Å². The van der Waals surface area contributed by atoms with Gasteiger partial charge in [-0.3, -0.25) is 0 Å². The van der Waals surface area contributed by atoms with Crippen LogP contribution in [0.3, 0.4) is 0 Å². The molecule has 4 aliphatic rings. The molecule has 0 radical (unpaired) electrons. The van der Waals surface area contributed by atoms with Gasteiger partial charge in [0.15, 0.2) is 6.29 Å². The van der Waals surface area contributed by atoms with Crippen LogP contribution in [0, 0.1) is 22.7 Å². The molecule has 0 bridgehead atoms. The average Bonchev–Trinajstić information content (AvgIpc) is 2.93. The molecule has 0 amide bonds. The summed E-state index contributed by atoms with van der Waals surface area (Å²) in [4.78, 5) is 11.9. The third-order valence-electron chi connectivity index (χ3n) is 7.84. The normalized spacial score (nSPS) is 48.9. The van der Waals surface area contributed by atoms with Gasteiger partial charge in [-0.15, -0.1) is 0 Å². The van der Waals surface area contributed by atoms with Crippen LogP contribution in [-0.4, -0.2) is 42.8 Å². The van der Waals surface area contributed by atoms with Crippen LogP contribution in [0.5, 0.6) is 0 Å². The number of allylic oxidation sites excluding steroid dienone is 2. The van der Waals surface area contributed by atoms with Gasteiger partial charge in [0.25, 0.3) is 0 Å². The Morgan fingerprint density at radius 3 is 2.78 bits per heavy atom. The molecule has 0 aromatic carbocycles. The highest BCUT2D eigenvalue weighted by molar-refractivity contribution is 5.91. The number of aliphatic hydroxyl groups excluding tert-OH is 1. The van der Waals surface area contributed by atoms with Crippen molar-refractivity contribution < 1.29 is 24.1 Å². The molecule has 1 N–H and O–H groups in total. The highest BCUT2D eigenvalue weighted by atomic mass is 16.7. The minimum atomic E-state index is -0.798. The molecule has 27 heavy (non-hydrogen) atoms. The summed E-state index contributed by atoms with van der Waals surface area (Å²) in [5.41, 5.74) is 1.78. The molecule has 7 atom stereocenters. The van der Waals surface area contributed by atoms with Gasteiger partial charge in [0, 0.05) is 5.41 Å². The first-order valence-corrected chi connectivity index (χ1v) is 10.3. The van der Waals surface area contributed by atoms with Gasteiger partial charge in [-0.05, 0) is 56.3 Å². The van der Waals surface area contributed by atoms with Crippen molar-refractivity contribution in [2.45, 2.75) is 71.4 Å². The fourth-order valence-electron chi connectivity index (χ4n) is 6.32. The van der Waals surface area contributed by atoms with Crippen molar-refractivity contribution in [2.24, 2.45) is 22.7 Å². The van der Waals surface area contributed by atoms with E-state index in [0.717, 1.165) is 38.7 Å². The summed E-state index contributed by atoms with van der Waals surface area (Å²) in [6, 6.07) is 0. The summed E-state index contributed by atoms with van der Waals surface area (Å²) >= 11 is 0. The van der Waals surface area contributed by atoms with Crippen LogP contribution < -0.4 is 0 Å². The topological polar surface area (TPSA) is 65.0 Å². The second kappa shape index (κ2) is 6.71. The number of hydrogen-bond acceptors (Lipinski definition) is 5. The smallest absolute Gasteiger partial charge is 0.336 e. The number of rotatable bonds is 2. The van der Waals surface area contributed by atoms with E-state index in [0.29, 0.717) is 17.4 Å². The van der Waals surface area contributed by atoms with Crippen LogP contribution in [0.4, 0.5) is 0 Å². The predicted octanol–water partition coefficient (Wildman–Crippen LogP) is 3.37. The second-order valence-corrected chi connectivity index (χ2v) is 9.37. The summed E-state index contributed by atoms with van der Waals surface area (Å²) in [6.07, 6.45) is 6.18. The zero-order valence-corrected chi connectivity index (χ0v) is 16.7. The Kier molecular flexibility index (Phi) is 4.76. The number of fused-ring (bicyclic) bond motifs is 3. The first kappa shape index (κ1) is 19.2. The fraction of sp³-hybridized carbons (Fsp3) is 0.773. The van der Waals surface area contributed by atoms with Gasteiger partial charge in [-0.1, -0.05) is 32.1 Å². The van der Waals surface area contributed by atoms with Gasteiger partial charge >= 0.3 is 5.97 Å². The zero-order chi connectivity index (χ0) is 19.4. The second-order valence-electron chi connectivity index (χ2n) is 9.37. The molecule has 5 nitrogen and oxygen atoms in total. The monoisotopic (exact) mass is 376 g/mol. The summed E-state index contributed by atoms with van der Waals surface area (Å²) < 4.78 is 17.1. The molecule has 0 unspecified atom stereocenters. The van der Waals surface area contributed by atoms with E-state index in [1.165, 1.54) is 5.57 Å². The lowest BCUT2D eigenvalue weighted by atomic mass is 9.46. The maximum atomic E-state index is 11.9. The first-order chi connectivity index (χ1) is 12.8. The maximum Gasteiger partial charge on any atom is 0.336 e. The lowest BCUT2D eigenvalue weighted by Gasteiger charge is -2.62. The van der Waals surface area contributed by atoms with Gasteiger partial charge in [-0.2, -0.15) is 0 Å². The number of esters is 1. The van der Waals surface area contributed by atoms with E-state index < -0.39 is 6.10 Å². The minimum absolute atomic E-state index is 0.0113. The van der Waals surface area contributed by atoms with Crippen LogP contribution in [-0.2, 0) is 19.0 Å². The Morgan fingerprint density at radius 1 is 1.30 bits per heavy atom. The molecule has 0 aromatic heterocycles. The SMILES string of the molecule is C=C1CC[C@@H]2[C@]3(C)CO[C@@H](C)O[C@@H]3CC[C@@]2(C)[C@@H]1C/C=C1/C(=O)OC[C@H]1O. The highest BCUT2D eigenvalue weighted by Crippen LogP contribution is 2.63. The van der Waals surface area contributed by atoms with Gasteiger partial charge in [0.2, 0.25) is 0 Å². The standard InChI is InChI=1S/C22H32O5/c1-13-5-8-18-21(3,10-9-19-22(18,4)12-26-14(2)27-19)16(13)7-6-15-17(23)11-25-20(15)24/h6,14,16-19,23H,1,5,7-12H2,2-4H3/b15-6+/t14-,16-,17-,18+,19-,21+,22+/m1/s1. The van der Waals surface area contributed by atoms with E-state index in [-0.39, 0.29) is 35.8 Å². The molecule has 2 saturated heterocycles. The Balaban J connectivity index is 1.61. The predicted molar refractivity (Wildman–Crippen MR) is 101 cm³/mol. The summed E-state index contributed by atoms with van der Waals surface area (Å²) in [5, 5.41) is 10.0. The van der Waals surface area contributed by atoms with Crippen molar-refractivity contribution in [3.8, 4) is 0 Å². The maximum absolute atomic E-state index is 11.9. The Labute approximate surface area is 161 Å². The van der Waals surface area contributed by atoms with Gasteiger partial charge in [-0.25, -0.2) is 4.79 Å². The van der Waals surface area contributed by atoms with Crippen LogP contribution in [0.1, 0.15) is 52.9 Å². The van der Waals surface area contributed by atoms with Crippen molar-refractivity contribution >= 4 is 5.97 Å². The largest absolute Gasteiger partial charge is 0.459 e. The molecule has 0 spiro atoms. The first-order valence-electron chi connectivity index (χ1n) is 10.3. The third-order valence-corrected chi connectivity index (χ3v) is 7.84. The number of ether oxygens (including phenoxy) is 3. The molecule has 2 aliphatic heterocycles. The molecule has 0 aromatic rings. The minimum Gasteiger partial charge on any atom is -0.459 e. The molecule has 5 heteroatoms. The van der Waals surface area contributed by atoms with E-state index in [2.05, 4.69) is 20.4 Å². The van der Waals surface area contributed by atoms with Crippen molar-refractivity contribution in [3.63, 3.8) is 0 Å². The number of cyclic esters (lactones) is 1. The number of hydrogen-bond donors (Lipinski definition) is 1. The summed E-state index contributed by atoms with van der Waals surface area (Å²) in [5.74, 6) is 0.399. The van der Waals surface area contributed by atoms with E-state index in [1.54, 1.807) is 0 Å². The van der Waals surface area contributed by atoms with E-state index >= 15 is 0 Å². The Bertz CT molecular complexity index is 670. The van der Waals surface area contributed by atoms with E-state index in [4.69, 9.17) is 14.2 Å². The Hall–Kier alpha value is -1.17. The van der Waals surface area contributed by atoms with Crippen LogP contribution >= 0.6 is 0 Å². The molecule has 150 valence electrons. The Morgan fingerprint density at radius 2 is 2.07 bits per heavy atom. The van der Waals surface area contributed by atoms with Crippen molar-refractivity contribution in [3.05, 3.63) is 23.8 Å². The summed E-state index contributed by atoms with van der Waals surface area (Å²) in [6.45, 7) is 11.9. The molecule has 2 aliphatic carbocycles. The summed E-state index contributed by atoms with van der Waals surface area (Å²) in [7, 11) is 0. The van der Waals surface area contributed by atoms with Crippen molar-refractivity contribution in [1.29, 1.82) is 0 Å². The van der Waals surface area contributed by atoms with Gasteiger partial charge < -0.3 is 19.3 Å². The lowest BCUT2D eigenvalue weighted by Crippen LogP contribution is -2.61. The number of aliphatic hydroxyl groups is 1. The molecule has 2 saturated carbocycles. The average molecular weight is 376 g/mol. The quantitative estimate of drug-likeness (QED) is 0.455. The van der Waals surface area contributed by atoms with E-state index in [9.17, 15) is 9.90 Å². The number of carbonyl (C=O) groups excluding carboxylic acids is 1. The van der Waals surface area contributed by atoms with Crippen LogP contribution in [0.15, 0.2) is 23.8 Å².